The maximum atomic E-state index is 12.9. The fourth-order valence-electron chi connectivity index (χ4n) is 1.63. The molecule has 0 atom stereocenters. The average molecular weight is 313 g/mol. The van der Waals surface area contributed by atoms with Gasteiger partial charge in [-0.25, -0.2) is 8.78 Å². The molecule has 1 amide bonds. The van der Waals surface area contributed by atoms with Gasteiger partial charge in [0.1, 0.15) is 0 Å². The molecule has 8 heteroatoms. The molecule has 4 nitrogen and oxygen atoms in total. The predicted octanol–water partition coefficient (Wildman–Crippen LogP) is 1.57. The van der Waals surface area contributed by atoms with Crippen molar-refractivity contribution in [2.45, 2.75) is 19.0 Å². The third-order valence-corrected chi connectivity index (χ3v) is 3.89. The highest BCUT2D eigenvalue weighted by molar-refractivity contribution is 7.14. The fourth-order valence-corrected chi connectivity index (χ4v) is 2.69. The van der Waals surface area contributed by atoms with Crippen LogP contribution in [0.2, 0.25) is 0 Å². The van der Waals surface area contributed by atoms with E-state index in [4.69, 9.17) is 10.5 Å². The zero-order valence-electron chi connectivity index (χ0n) is 10.1. The molecule has 1 aliphatic rings. The van der Waals surface area contributed by atoms with Crippen LogP contribution in [0.4, 0.5) is 8.78 Å². The second-order valence-corrected chi connectivity index (χ2v) is 5.24. The smallest absolute Gasteiger partial charge is 0.277 e. The first-order chi connectivity index (χ1) is 8.52. The van der Waals surface area contributed by atoms with Crippen LogP contribution in [0.3, 0.4) is 0 Å². The lowest BCUT2D eigenvalue weighted by Gasteiger charge is -2.13. The summed E-state index contributed by atoms with van der Waals surface area (Å²) in [5.41, 5.74) is 5.87. The summed E-state index contributed by atoms with van der Waals surface area (Å²) in [7, 11) is 0. The number of carbonyl (C=O) groups is 1. The number of nitrogens with two attached hydrogens (primary N) is 1. The Hall–Kier alpha value is -0.760. The molecule has 0 aromatic carbocycles. The van der Waals surface area contributed by atoms with E-state index < -0.39 is 24.9 Å². The van der Waals surface area contributed by atoms with Crippen molar-refractivity contribution >= 4 is 29.7 Å². The Morgan fingerprint density at radius 1 is 1.58 bits per heavy atom. The van der Waals surface area contributed by atoms with Crippen LogP contribution >= 0.6 is 23.7 Å². The van der Waals surface area contributed by atoms with E-state index in [1.807, 2.05) is 0 Å². The molecule has 0 fully saturated rings. The van der Waals surface area contributed by atoms with E-state index in [0.717, 1.165) is 16.9 Å². The van der Waals surface area contributed by atoms with E-state index in [2.05, 4.69) is 5.32 Å². The molecule has 0 saturated carbocycles. The lowest BCUT2D eigenvalue weighted by molar-refractivity contribution is 0.0119. The zero-order chi connectivity index (χ0) is 13.2. The van der Waals surface area contributed by atoms with Crippen molar-refractivity contribution in [1.29, 1.82) is 0 Å². The number of nitrogens with one attached hydrogen (secondary N) is 1. The maximum Gasteiger partial charge on any atom is 0.277 e. The summed E-state index contributed by atoms with van der Waals surface area (Å²) in [4.78, 5) is 13.2. The number of amides is 1. The van der Waals surface area contributed by atoms with Crippen LogP contribution < -0.4 is 11.1 Å². The lowest BCUT2D eigenvalue weighted by Crippen LogP contribution is -2.41. The Labute approximate surface area is 119 Å². The summed E-state index contributed by atoms with van der Waals surface area (Å²) in [5, 5.41) is 2.20. The van der Waals surface area contributed by atoms with Crippen molar-refractivity contribution in [2.75, 3.05) is 19.7 Å². The van der Waals surface area contributed by atoms with E-state index in [1.54, 1.807) is 6.07 Å². The first-order valence-corrected chi connectivity index (χ1v) is 6.39. The number of thiophene rings is 1. The highest BCUT2D eigenvalue weighted by Gasteiger charge is 2.28. The highest BCUT2D eigenvalue weighted by Crippen LogP contribution is 2.26. The summed E-state index contributed by atoms with van der Waals surface area (Å²) >= 11 is 1.33. The van der Waals surface area contributed by atoms with Crippen LogP contribution in [0.1, 0.15) is 20.1 Å². The number of halogens is 3. The molecule has 108 valence electrons. The molecule has 0 aliphatic carbocycles. The van der Waals surface area contributed by atoms with Gasteiger partial charge in [0.15, 0.2) is 0 Å². The first-order valence-electron chi connectivity index (χ1n) is 5.57. The molecule has 19 heavy (non-hydrogen) atoms. The second kappa shape index (κ2) is 6.60. The zero-order valence-corrected chi connectivity index (χ0v) is 11.7. The van der Waals surface area contributed by atoms with E-state index in [9.17, 15) is 13.6 Å². The SMILES string of the molecule is Cl.NCC(F)(F)CNC(=O)c1cc2c(s1)CCOC2. The normalized spacial score (nSPS) is 14.5. The summed E-state index contributed by atoms with van der Waals surface area (Å²) in [5.74, 6) is -3.54. The summed E-state index contributed by atoms with van der Waals surface area (Å²) in [6.45, 7) is -0.388. The molecule has 2 heterocycles. The number of alkyl halides is 2. The van der Waals surface area contributed by atoms with Crippen LogP contribution in [0.5, 0.6) is 0 Å². The van der Waals surface area contributed by atoms with Gasteiger partial charge in [0, 0.05) is 11.3 Å². The molecule has 0 saturated heterocycles. The maximum absolute atomic E-state index is 12.9. The number of ether oxygens (including phenoxy) is 1. The van der Waals surface area contributed by atoms with Crippen molar-refractivity contribution < 1.29 is 18.3 Å². The van der Waals surface area contributed by atoms with Gasteiger partial charge in [0.05, 0.1) is 31.2 Å². The molecular formula is C11H15ClF2N2O2S. The number of carbonyl (C=O) groups excluding carboxylic acids is 1. The fraction of sp³-hybridized carbons (Fsp3) is 0.545. The van der Waals surface area contributed by atoms with Crippen LogP contribution in [0.25, 0.3) is 0 Å². The number of hydrogen-bond donors (Lipinski definition) is 2. The largest absolute Gasteiger partial charge is 0.376 e. The summed E-state index contributed by atoms with van der Waals surface area (Å²) in [6, 6.07) is 1.70. The molecule has 0 unspecified atom stereocenters. The van der Waals surface area contributed by atoms with Crippen LogP contribution in [-0.2, 0) is 17.8 Å². The van der Waals surface area contributed by atoms with Gasteiger partial charge in [0.25, 0.3) is 11.8 Å². The molecule has 0 radical (unpaired) electrons. The third-order valence-electron chi connectivity index (χ3n) is 2.66. The number of hydrogen-bond acceptors (Lipinski definition) is 4. The van der Waals surface area contributed by atoms with Gasteiger partial charge in [-0.3, -0.25) is 4.79 Å². The third kappa shape index (κ3) is 4.10. The van der Waals surface area contributed by atoms with E-state index >= 15 is 0 Å². The van der Waals surface area contributed by atoms with Gasteiger partial charge in [-0.15, -0.1) is 23.7 Å². The van der Waals surface area contributed by atoms with Gasteiger partial charge in [-0.1, -0.05) is 0 Å². The second-order valence-electron chi connectivity index (χ2n) is 4.10. The Morgan fingerprint density at radius 2 is 2.32 bits per heavy atom. The van der Waals surface area contributed by atoms with Crippen molar-refractivity contribution in [1.82, 2.24) is 5.32 Å². The molecule has 1 aliphatic heterocycles. The Kier molecular flexibility index (Phi) is 5.66. The van der Waals surface area contributed by atoms with Gasteiger partial charge in [-0.2, -0.15) is 0 Å². The Morgan fingerprint density at radius 3 is 2.95 bits per heavy atom. The van der Waals surface area contributed by atoms with Gasteiger partial charge in [0.2, 0.25) is 0 Å². The molecular weight excluding hydrogens is 298 g/mol. The molecule has 0 spiro atoms. The Bertz CT molecular complexity index is 430. The van der Waals surface area contributed by atoms with Gasteiger partial charge in [-0.05, 0) is 11.6 Å². The standard InChI is InChI=1S/C11H14F2N2O2S.ClH/c12-11(13,5-14)6-15-10(16)9-3-7-4-17-2-1-8(7)18-9;/h3H,1-2,4-6,14H2,(H,15,16);1H. The minimum Gasteiger partial charge on any atom is -0.376 e. The Balaban J connectivity index is 0.00000180. The molecule has 2 rings (SSSR count). The van der Waals surface area contributed by atoms with Crippen LogP contribution in [0.15, 0.2) is 6.07 Å². The number of rotatable bonds is 4. The van der Waals surface area contributed by atoms with Crippen molar-refractivity contribution in [3.05, 3.63) is 21.4 Å². The van der Waals surface area contributed by atoms with Crippen LogP contribution in [-0.4, -0.2) is 31.5 Å². The van der Waals surface area contributed by atoms with Crippen molar-refractivity contribution in [3.8, 4) is 0 Å². The van der Waals surface area contributed by atoms with E-state index in [-0.39, 0.29) is 12.4 Å². The van der Waals surface area contributed by atoms with E-state index in [0.29, 0.717) is 18.1 Å². The molecule has 3 N–H and O–H groups in total. The molecule has 0 bridgehead atoms. The lowest BCUT2D eigenvalue weighted by atomic mass is 10.2. The van der Waals surface area contributed by atoms with Gasteiger partial charge < -0.3 is 15.8 Å². The minimum absolute atomic E-state index is 0. The topological polar surface area (TPSA) is 64.3 Å². The van der Waals surface area contributed by atoms with Crippen LogP contribution in [0, 0.1) is 0 Å². The van der Waals surface area contributed by atoms with Gasteiger partial charge >= 0.3 is 0 Å². The summed E-state index contributed by atoms with van der Waals surface area (Å²) < 4.78 is 31.1. The first kappa shape index (κ1) is 16.3. The van der Waals surface area contributed by atoms with Crippen molar-refractivity contribution in [2.24, 2.45) is 5.73 Å². The monoisotopic (exact) mass is 312 g/mol. The quantitative estimate of drug-likeness (QED) is 0.887. The van der Waals surface area contributed by atoms with E-state index in [1.165, 1.54) is 11.3 Å². The van der Waals surface area contributed by atoms with Crippen molar-refractivity contribution in [3.63, 3.8) is 0 Å². The highest BCUT2D eigenvalue weighted by atomic mass is 35.5. The average Bonchev–Trinajstić information content (AvgIpc) is 2.80. The summed E-state index contributed by atoms with van der Waals surface area (Å²) in [6.07, 6.45) is 0.770. The minimum atomic E-state index is -3.06. The number of fused-ring (bicyclic) bond motifs is 1. The molecule has 1 aromatic rings. The predicted molar refractivity (Wildman–Crippen MR) is 71.3 cm³/mol. The molecule has 1 aromatic heterocycles.